The van der Waals surface area contributed by atoms with E-state index in [1.807, 2.05) is 23.9 Å². The maximum atomic E-state index is 8.86. The molecule has 6 nitrogen and oxygen atoms in total. The van der Waals surface area contributed by atoms with Crippen LogP contribution in [0.25, 0.3) is 0 Å². The van der Waals surface area contributed by atoms with E-state index in [1.54, 1.807) is 18.5 Å². The van der Waals surface area contributed by atoms with Crippen LogP contribution >= 0.6 is 0 Å². The number of hydrogen-bond acceptors (Lipinski definition) is 5. The second-order valence-electron chi connectivity index (χ2n) is 3.86. The summed E-state index contributed by atoms with van der Waals surface area (Å²) in [5.74, 6) is 0.552. The number of aromatic nitrogens is 3. The molecule has 2 rings (SSSR count). The van der Waals surface area contributed by atoms with E-state index >= 15 is 0 Å². The number of hydrogen-bond donors (Lipinski definition) is 2. The van der Waals surface area contributed by atoms with Gasteiger partial charge in [-0.05, 0) is 12.1 Å². The van der Waals surface area contributed by atoms with E-state index in [0.29, 0.717) is 23.6 Å². The average molecular weight is 242 g/mol. The second-order valence-corrected chi connectivity index (χ2v) is 3.86. The molecule has 0 aromatic carbocycles. The average Bonchev–Trinajstić information content (AvgIpc) is 2.77. The van der Waals surface area contributed by atoms with Crippen molar-refractivity contribution in [3.8, 4) is 6.07 Å². The molecule has 3 N–H and O–H groups in total. The summed E-state index contributed by atoms with van der Waals surface area (Å²) in [4.78, 5) is 4.12. The summed E-state index contributed by atoms with van der Waals surface area (Å²) >= 11 is 0. The lowest BCUT2D eigenvalue weighted by Crippen LogP contribution is -2.11. The highest BCUT2D eigenvalue weighted by molar-refractivity contribution is 5.68. The van der Waals surface area contributed by atoms with Crippen LogP contribution in [0.1, 0.15) is 11.3 Å². The number of anilines is 2. The molecule has 0 spiro atoms. The minimum Gasteiger partial charge on any atom is -0.395 e. The predicted octanol–water partition coefficient (Wildman–Crippen LogP) is 0.924. The third-order valence-corrected chi connectivity index (χ3v) is 2.71. The smallest absolute Gasteiger partial charge is 0.150 e. The molecule has 2 aromatic rings. The van der Waals surface area contributed by atoms with Crippen LogP contribution in [0, 0.1) is 11.3 Å². The number of nitrogen functional groups attached to an aromatic ring is 1. The van der Waals surface area contributed by atoms with E-state index in [-0.39, 0.29) is 0 Å². The fourth-order valence-electron chi connectivity index (χ4n) is 1.67. The standard InChI is InChI=1S/C12H14N6/c1-18-10(4-7-17-18)3-6-16-12-11(14)9(8-13)2-5-15-12/h2,4-5,7H,3,6,14H2,1H3,(H,15,16). The molecule has 0 unspecified atom stereocenters. The van der Waals surface area contributed by atoms with Gasteiger partial charge in [0.05, 0.1) is 11.3 Å². The Balaban J connectivity index is 1.99. The van der Waals surface area contributed by atoms with E-state index < -0.39 is 0 Å². The first-order valence-corrected chi connectivity index (χ1v) is 5.57. The van der Waals surface area contributed by atoms with Gasteiger partial charge in [0, 0.05) is 38.1 Å². The summed E-state index contributed by atoms with van der Waals surface area (Å²) in [6.45, 7) is 0.686. The maximum Gasteiger partial charge on any atom is 0.150 e. The van der Waals surface area contributed by atoms with Gasteiger partial charge in [-0.3, -0.25) is 4.68 Å². The Kier molecular flexibility index (Phi) is 3.44. The molecular formula is C12H14N6. The van der Waals surface area contributed by atoms with Crippen molar-refractivity contribution in [3.63, 3.8) is 0 Å². The van der Waals surface area contributed by atoms with Gasteiger partial charge in [-0.2, -0.15) is 10.4 Å². The van der Waals surface area contributed by atoms with Crippen LogP contribution in [0.15, 0.2) is 24.5 Å². The summed E-state index contributed by atoms with van der Waals surface area (Å²) in [5.41, 5.74) is 7.77. The van der Waals surface area contributed by atoms with Gasteiger partial charge in [0.2, 0.25) is 0 Å². The Morgan fingerprint density at radius 2 is 2.28 bits per heavy atom. The van der Waals surface area contributed by atoms with Crippen LogP contribution in [0.5, 0.6) is 0 Å². The van der Waals surface area contributed by atoms with E-state index in [4.69, 9.17) is 11.0 Å². The van der Waals surface area contributed by atoms with Gasteiger partial charge in [0.15, 0.2) is 5.82 Å². The van der Waals surface area contributed by atoms with Gasteiger partial charge in [-0.1, -0.05) is 0 Å². The summed E-state index contributed by atoms with van der Waals surface area (Å²) in [6.07, 6.45) is 4.15. The van der Waals surface area contributed by atoms with Crippen molar-refractivity contribution < 1.29 is 0 Å². The van der Waals surface area contributed by atoms with Crippen molar-refractivity contribution in [2.45, 2.75) is 6.42 Å². The fraction of sp³-hybridized carbons (Fsp3) is 0.250. The fourth-order valence-corrected chi connectivity index (χ4v) is 1.67. The van der Waals surface area contributed by atoms with E-state index in [9.17, 15) is 0 Å². The van der Waals surface area contributed by atoms with E-state index in [0.717, 1.165) is 12.1 Å². The van der Waals surface area contributed by atoms with Gasteiger partial charge in [-0.15, -0.1) is 0 Å². The molecule has 0 bridgehead atoms. The van der Waals surface area contributed by atoms with Crippen LogP contribution in [-0.4, -0.2) is 21.3 Å². The molecule has 0 saturated carbocycles. The van der Waals surface area contributed by atoms with Crippen LogP contribution < -0.4 is 11.1 Å². The minimum atomic E-state index is 0.394. The number of aryl methyl sites for hydroxylation is 1. The van der Waals surface area contributed by atoms with Crippen molar-refractivity contribution in [1.29, 1.82) is 5.26 Å². The zero-order chi connectivity index (χ0) is 13.0. The first kappa shape index (κ1) is 11.9. The Hall–Kier alpha value is -2.55. The minimum absolute atomic E-state index is 0.394. The third kappa shape index (κ3) is 2.40. The highest BCUT2D eigenvalue weighted by Gasteiger charge is 2.05. The Morgan fingerprint density at radius 1 is 1.44 bits per heavy atom. The lowest BCUT2D eigenvalue weighted by molar-refractivity contribution is 0.711. The van der Waals surface area contributed by atoms with Crippen molar-refractivity contribution in [2.75, 3.05) is 17.6 Å². The first-order valence-electron chi connectivity index (χ1n) is 5.57. The van der Waals surface area contributed by atoms with Crippen molar-refractivity contribution in [3.05, 3.63) is 35.8 Å². The number of nitrogens with one attached hydrogen (secondary N) is 1. The molecule has 0 aliphatic carbocycles. The molecule has 2 aromatic heterocycles. The summed E-state index contributed by atoms with van der Waals surface area (Å²) in [6, 6.07) is 5.59. The quantitative estimate of drug-likeness (QED) is 0.831. The van der Waals surface area contributed by atoms with Crippen LogP contribution in [-0.2, 0) is 13.5 Å². The molecule has 0 saturated heterocycles. The zero-order valence-corrected chi connectivity index (χ0v) is 10.1. The number of pyridine rings is 1. The third-order valence-electron chi connectivity index (χ3n) is 2.71. The molecule has 2 heterocycles. The molecule has 18 heavy (non-hydrogen) atoms. The van der Waals surface area contributed by atoms with Gasteiger partial charge >= 0.3 is 0 Å². The molecule has 0 aliphatic rings. The van der Waals surface area contributed by atoms with Crippen molar-refractivity contribution in [2.24, 2.45) is 7.05 Å². The zero-order valence-electron chi connectivity index (χ0n) is 10.1. The number of nitriles is 1. The van der Waals surface area contributed by atoms with Crippen LogP contribution in [0.4, 0.5) is 11.5 Å². The molecule has 0 fully saturated rings. The van der Waals surface area contributed by atoms with Crippen LogP contribution in [0.2, 0.25) is 0 Å². The number of rotatable bonds is 4. The highest BCUT2D eigenvalue weighted by Crippen LogP contribution is 2.18. The highest BCUT2D eigenvalue weighted by atomic mass is 15.3. The Labute approximate surface area is 105 Å². The summed E-state index contributed by atoms with van der Waals surface area (Å²) in [5, 5.41) is 16.1. The molecule has 0 radical (unpaired) electrons. The normalized spacial score (nSPS) is 10.0. The van der Waals surface area contributed by atoms with E-state index in [2.05, 4.69) is 15.4 Å². The van der Waals surface area contributed by atoms with Gasteiger partial charge in [-0.25, -0.2) is 4.98 Å². The van der Waals surface area contributed by atoms with Gasteiger partial charge in [0.1, 0.15) is 6.07 Å². The Bertz CT molecular complexity index is 580. The topological polar surface area (TPSA) is 92.5 Å². The molecule has 0 atom stereocenters. The largest absolute Gasteiger partial charge is 0.395 e. The lowest BCUT2D eigenvalue weighted by Gasteiger charge is -2.08. The molecular weight excluding hydrogens is 228 g/mol. The number of nitrogens with zero attached hydrogens (tertiary/aromatic N) is 4. The molecule has 0 amide bonds. The van der Waals surface area contributed by atoms with Crippen molar-refractivity contribution in [1.82, 2.24) is 14.8 Å². The van der Waals surface area contributed by atoms with Crippen LogP contribution in [0.3, 0.4) is 0 Å². The maximum absolute atomic E-state index is 8.86. The monoisotopic (exact) mass is 242 g/mol. The van der Waals surface area contributed by atoms with Gasteiger partial charge in [0.25, 0.3) is 0 Å². The molecule has 0 aliphatic heterocycles. The second kappa shape index (κ2) is 5.19. The first-order chi connectivity index (χ1) is 8.72. The SMILES string of the molecule is Cn1nccc1CCNc1nccc(C#N)c1N. The van der Waals surface area contributed by atoms with Crippen molar-refractivity contribution >= 4 is 11.5 Å². The van der Waals surface area contributed by atoms with E-state index in [1.165, 1.54) is 0 Å². The summed E-state index contributed by atoms with van der Waals surface area (Å²) in [7, 11) is 1.90. The molecule has 92 valence electrons. The predicted molar refractivity (Wildman–Crippen MR) is 68.8 cm³/mol. The number of nitrogens with two attached hydrogens (primary N) is 1. The lowest BCUT2D eigenvalue weighted by atomic mass is 10.2. The summed E-state index contributed by atoms with van der Waals surface area (Å²) < 4.78 is 1.82. The van der Waals surface area contributed by atoms with Gasteiger partial charge < -0.3 is 11.1 Å². The molecule has 6 heteroatoms. The Morgan fingerprint density at radius 3 is 2.94 bits per heavy atom.